The van der Waals surface area contributed by atoms with E-state index in [4.69, 9.17) is 4.74 Å². The number of benzene rings is 5. The number of fused-ring (bicyclic) bond motifs is 10. The van der Waals surface area contributed by atoms with Crippen LogP contribution in [-0.4, -0.2) is 0 Å². The summed E-state index contributed by atoms with van der Waals surface area (Å²) in [6.45, 7) is 0. The Balaban J connectivity index is 1.47. The predicted octanol–water partition coefficient (Wildman–Crippen LogP) is 9.56. The van der Waals surface area contributed by atoms with Crippen LogP contribution in [-0.2, 0) is 11.0 Å². The average molecular weight is 509 g/mol. The second-order valence-corrected chi connectivity index (χ2v) is 11.3. The molecular formula is C37H29FO. The molecule has 0 unspecified atom stereocenters. The van der Waals surface area contributed by atoms with Gasteiger partial charge in [0, 0.05) is 27.5 Å². The molecule has 1 fully saturated rings. The maximum atomic E-state index is 14.8. The van der Waals surface area contributed by atoms with Crippen molar-refractivity contribution in [1.29, 1.82) is 0 Å². The standard InChI is InChI=1S/C37H29FO/c38-27-18-19-30-32(24-27)36(21-10-3-11-22-36)34-31-20-23-37(25-12-4-1-5-13-25,26-14-6-2-7-15-26)39-35(31)29-17-9-8-16-28(29)33(30)34/h1-2,4-9,12-20,23-24H,3,10-11,21-22H2. The number of rotatable bonds is 2. The number of halogens is 1. The Labute approximate surface area is 228 Å². The number of hydrogen-bond donors (Lipinski definition) is 0. The molecular weight excluding hydrogens is 479 g/mol. The Bertz CT molecular complexity index is 1720. The molecule has 0 atom stereocenters. The van der Waals surface area contributed by atoms with Crippen LogP contribution in [0.2, 0.25) is 0 Å². The molecule has 1 nitrogen and oxygen atoms in total. The fraction of sp³-hybridized carbons (Fsp3) is 0.189. The third kappa shape index (κ3) is 3.12. The molecule has 0 saturated heterocycles. The summed E-state index contributed by atoms with van der Waals surface area (Å²) < 4.78 is 22.1. The summed E-state index contributed by atoms with van der Waals surface area (Å²) in [7, 11) is 0. The Kier molecular flexibility index (Phi) is 4.91. The van der Waals surface area contributed by atoms with Gasteiger partial charge >= 0.3 is 0 Å². The van der Waals surface area contributed by atoms with Gasteiger partial charge in [-0.15, -0.1) is 0 Å². The van der Waals surface area contributed by atoms with Gasteiger partial charge in [-0.2, -0.15) is 0 Å². The predicted molar refractivity (Wildman–Crippen MR) is 157 cm³/mol. The van der Waals surface area contributed by atoms with Crippen LogP contribution in [0.4, 0.5) is 4.39 Å². The van der Waals surface area contributed by atoms with Crippen molar-refractivity contribution < 1.29 is 9.13 Å². The lowest BCUT2D eigenvalue weighted by molar-refractivity contribution is 0.163. The molecule has 3 aliphatic rings. The molecule has 2 heteroatoms. The highest BCUT2D eigenvalue weighted by Gasteiger charge is 2.48. The second-order valence-electron chi connectivity index (χ2n) is 11.3. The molecule has 1 heterocycles. The lowest BCUT2D eigenvalue weighted by atomic mass is 9.66. The van der Waals surface area contributed by atoms with Gasteiger partial charge in [-0.05, 0) is 58.7 Å². The molecule has 0 amide bonds. The fourth-order valence-electron chi connectivity index (χ4n) is 7.66. The minimum Gasteiger partial charge on any atom is -0.472 e. The van der Waals surface area contributed by atoms with Crippen molar-refractivity contribution in [2.24, 2.45) is 0 Å². The van der Waals surface area contributed by atoms with Crippen molar-refractivity contribution in [3.63, 3.8) is 0 Å². The van der Waals surface area contributed by atoms with Crippen molar-refractivity contribution in [1.82, 2.24) is 0 Å². The van der Waals surface area contributed by atoms with Crippen LogP contribution in [0.1, 0.15) is 59.9 Å². The quantitative estimate of drug-likeness (QED) is 0.231. The van der Waals surface area contributed by atoms with Gasteiger partial charge in [-0.3, -0.25) is 0 Å². The molecule has 5 aromatic rings. The first-order valence-corrected chi connectivity index (χ1v) is 14.1. The minimum atomic E-state index is -0.746. The molecule has 8 rings (SSSR count). The van der Waals surface area contributed by atoms with Gasteiger partial charge in [-0.25, -0.2) is 4.39 Å². The van der Waals surface area contributed by atoms with E-state index >= 15 is 0 Å². The molecule has 0 bridgehead atoms. The third-order valence-electron chi connectivity index (χ3n) is 9.31. The fourth-order valence-corrected chi connectivity index (χ4v) is 7.66. The topological polar surface area (TPSA) is 9.23 Å². The van der Waals surface area contributed by atoms with E-state index in [1.165, 1.54) is 28.5 Å². The molecule has 1 aliphatic heterocycles. The van der Waals surface area contributed by atoms with E-state index in [0.717, 1.165) is 59.1 Å². The smallest absolute Gasteiger partial charge is 0.178 e. The zero-order chi connectivity index (χ0) is 26.0. The Morgan fingerprint density at radius 2 is 1.31 bits per heavy atom. The monoisotopic (exact) mass is 508 g/mol. The van der Waals surface area contributed by atoms with Gasteiger partial charge in [0.05, 0.1) is 0 Å². The molecule has 0 aromatic heterocycles. The van der Waals surface area contributed by atoms with Crippen molar-refractivity contribution in [2.75, 3.05) is 0 Å². The Morgan fingerprint density at radius 1 is 0.667 bits per heavy atom. The highest BCUT2D eigenvalue weighted by atomic mass is 19.1. The van der Waals surface area contributed by atoms with E-state index in [2.05, 4.69) is 84.9 Å². The molecule has 1 saturated carbocycles. The van der Waals surface area contributed by atoms with E-state index < -0.39 is 5.60 Å². The summed E-state index contributed by atoms with van der Waals surface area (Å²) >= 11 is 0. The molecule has 0 radical (unpaired) electrons. The van der Waals surface area contributed by atoms with Crippen LogP contribution in [0.5, 0.6) is 5.75 Å². The van der Waals surface area contributed by atoms with Gasteiger partial charge in [0.25, 0.3) is 0 Å². The molecule has 1 spiro atoms. The van der Waals surface area contributed by atoms with Crippen molar-refractivity contribution in [3.05, 3.63) is 143 Å². The van der Waals surface area contributed by atoms with Crippen LogP contribution >= 0.6 is 0 Å². The molecule has 39 heavy (non-hydrogen) atoms. The van der Waals surface area contributed by atoms with E-state index in [0.29, 0.717) is 0 Å². The molecule has 0 N–H and O–H groups in total. The average Bonchev–Trinajstić information content (AvgIpc) is 3.27. The summed E-state index contributed by atoms with van der Waals surface area (Å²) in [5.41, 5.74) is 7.36. The molecule has 190 valence electrons. The van der Waals surface area contributed by atoms with Gasteiger partial charge in [0.2, 0.25) is 0 Å². The highest BCUT2D eigenvalue weighted by Crippen LogP contribution is 2.62. The number of ether oxygens (including phenoxy) is 1. The van der Waals surface area contributed by atoms with E-state index in [9.17, 15) is 4.39 Å². The second kappa shape index (κ2) is 8.41. The van der Waals surface area contributed by atoms with Crippen molar-refractivity contribution in [2.45, 2.75) is 43.1 Å². The first-order valence-electron chi connectivity index (χ1n) is 14.1. The van der Waals surface area contributed by atoms with Crippen LogP contribution in [0.25, 0.3) is 28.0 Å². The summed E-state index contributed by atoms with van der Waals surface area (Å²) in [4.78, 5) is 0. The molecule has 2 aliphatic carbocycles. The summed E-state index contributed by atoms with van der Waals surface area (Å²) in [6, 6.07) is 35.1. The van der Waals surface area contributed by atoms with Gasteiger partial charge in [-0.1, -0.05) is 116 Å². The van der Waals surface area contributed by atoms with Gasteiger partial charge < -0.3 is 4.74 Å². The maximum absolute atomic E-state index is 14.8. The normalized spacial score (nSPS) is 17.9. The van der Waals surface area contributed by atoms with Crippen LogP contribution < -0.4 is 4.74 Å². The largest absolute Gasteiger partial charge is 0.472 e. The van der Waals surface area contributed by atoms with E-state index in [1.54, 1.807) is 6.07 Å². The van der Waals surface area contributed by atoms with Gasteiger partial charge in [0.1, 0.15) is 11.6 Å². The maximum Gasteiger partial charge on any atom is 0.178 e. The van der Waals surface area contributed by atoms with E-state index in [1.807, 2.05) is 24.3 Å². The lowest BCUT2D eigenvalue weighted by Crippen LogP contribution is -2.35. The van der Waals surface area contributed by atoms with Crippen molar-refractivity contribution >= 4 is 16.8 Å². The third-order valence-corrected chi connectivity index (χ3v) is 9.31. The van der Waals surface area contributed by atoms with E-state index in [-0.39, 0.29) is 11.2 Å². The first-order chi connectivity index (χ1) is 19.2. The summed E-state index contributed by atoms with van der Waals surface area (Å²) in [6.07, 6.45) is 10.2. The minimum absolute atomic E-state index is 0.149. The first kappa shape index (κ1) is 22.8. The molecule has 5 aromatic carbocycles. The summed E-state index contributed by atoms with van der Waals surface area (Å²) in [5, 5.41) is 2.29. The highest BCUT2D eigenvalue weighted by molar-refractivity contribution is 6.08. The van der Waals surface area contributed by atoms with Crippen molar-refractivity contribution in [3.8, 4) is 16.9 Å². The number of hydrogen-bond acceptors (Lipinski definition) is 1. The lowest BCUT2D eigenvalue weighted by Gasteiger charge is -2.41. The van der Waals surface area contributed by atoms with Crippen LogP contribution in [0, 0.1) is 5.82 Å². The van der Waals surface area contributed by atoms with Crippen LogP contribution in [0.15, 0.2) is 109 Å². The Hall–Kier alpha value is -4.17. The zero-order valence-electron chi connectivity index (χ0n) is 21.8. The van der Waals surface area contributed by atoms with Crippen LogP contribution in [0.3, 0.4) is 0 Å². The Morgan fingerprint density at radius 3 is 2.00 bits per heavy atom. The summed E-state index contributed by atoms with van der Waals surface area (Å²) in [5.74, 6) is 0.779. The zero-order valence-corrected chi connectivity index (χ0v) is 21.8. The van der Waals surface area contributed by atoms with Gasteiger partial charge in [0.15, 0.2) is 5.60 Å². The SMILES string of the molecule is Fc1ccc2c(c1)C1(CCCCC1)c1c3c(c4ccccc4c1-2)OC(c1ccccc1)(c1ccccc1)C=C3.